The molecule has 2 unspecified atom stereocenters. The Morgan fingerprint density at radius 1 is 1.18 bits per heavy atom. The molecule has 100 valence electrons. The fourth-order valence-corrected chi connectivity index (χ4v) is 3.29. The molecule has 0 saturated carbocycles. The van der Waals surface area contributed by atoms with Crippen molar-refractivity contribution in [1.82, 2.24) is 9.80 Å². The van der Waals surface area contributed by atoms with Gasteiger partial charge >= 0.3 is 0 Å². The minimum atomic E-state index is 0.377. The van der Waals surface area contributed by atoms with E-state index in [4.69, 9.17) is 0 Å². The summed E-state index contributed by atoms with van der Waals surface area (Å²) in [6.07, 6.45) is 5.11. The third kappa shape index (κ3) is 3.21. The molecule has 2 rings (SSSR count). The molecule has 3 nitrogen and oxygen atoms in total. The number of likely N-dealkylation sites (tertiary alicyclic amines) is 2. The predicted molar refractivity (Wildman–Crippen MR) is 71.1 cm³/mol. The summed E-state index contributed by atoms with van der Waals surface area (Å²) in [6.45, 7) is 9.87. The number of aliphatic hydroxyl groups excluding tert-OH is 1. The van der Waals surface area contributed by atoms with Crippen LogP contribution in [-0.4, -0.2) is 59.8 Å². The maximum Gasteiger partial charge on any atom is 0.0471 e. The van der Waals surface area contributed by atoms with E-state index in [1.54, 1.807) is 0 Å². The van der Waals surface area contributed by atoms with Crippen molar-refractivity contribution >= 4 is 0 Å². The number of aliphatic hydroxyl groups is 1. The molecule has 0 aliphatic carbocycles. The zero-order valence-corrected chi connectivity index (χ0v) is 11.4. The monoisotopic (exact) mass is 240 g/mol. The Morgan fingerprint density at radius 3 is 2.41 bits per heavy atom. The first-order chi connectivity index (χ1) is 8.24. The van der Waals surface area contributed by atoms with Crippen LogP contribution in [0.1, 0.15) is 39.5 Å². The van der Waals surface area contributed by atoms with Crippen LogP contribution in [0.2, 0.25) is 0 Å². The van der Waals surface area contributed by atoms with Gasteiger partial charge in [-0.25, -0.2) is 0 Å². The first kappa shape index (κ1) is 13.3. The van der Waals surface area contributed by atoms with E-state index < -0.39 is 0 Å². The zero-order chi connectivity index (χ0) is 12.3. The Kier molecular flexibility index (Phi) is 4.83. The van der Waals surface area contributed by atoms with Crippen molar-refractivity contribution in [2.24, 2.45) is 5.92 Å². The average molecular weight is 240 g/mol. The molecular weight excluding hydrogens is 212 g/mol. The van der Waals surface area contributed by atoms with Crippen molar-refractivity contribution in [3.8, 4) is 0 Å². The van der Waals surface area contributed by atoms with Gasteiger partial charge in [-0.15, -0.1) is 0 Å². The second-order valence-corrected chi connectivity index (χ2v) is 5.86. The second-order valence-electron chi connectivity index (χ2n) is 5.86. The van der Waals surface area contributed by atoms with E-state index in [-0.39, 0.29) is 0 Å². The fraction of sp³-hybridized carbons (Fsp3) is 1.00. The molecule has 0 amide bonds. The van der Waals surface area contributed by atoms with Gasteiger partial charge < -0.3 is 10.0 Å². The van der Waals surface area contributed by atoms with E-state index in [9.17, 15) is 5.11 Å². The lowest BCUT2D eigenvalue weighted by molar-refractivity contribution is 0.0955. The molecule has 0 radical (unpaired) electrons. The van der Waals surface area contributed by atoms with Gasteiger partial charge in [0.05, 0.1) is 0 Å². The van der Waals surface area contributed by atoms with E-state index >= 15 is 0 Å². The van der Waals surface area contributed by atoms with Crippen LogP contribution in [0, 0.1) is 5.92 Å². The van der Waals surface area contributed by atoms with Gasteiger partial charge in [-0.2, -0.15) is 0 Å². The highest BCUT2D eigenvalue weighted by atomic mass is 16.3. The van der Waals surface area contributed by atoms with Crippen LogP contribution in [0.4, 0.5) is 0 Å². The van der Waals surface area contributed by atoms with Crippen LogP contribution in [-0.2, 0) is 0 Å². The summed E-state index contributed by atoms with van der Waals surface area (Å²) < 4.78 is 0. The van der Waals surface area contributed by atoms with Crippen LogP contribution in [0.3, 0.4) is 0 Å². The van der Waals surface area contributed by atoms with E-state index in [1.165, 1.54) is 45.3 Å². The molecule has 2 aliphatic rings. The normalized spacial score (nSPS) is 30.9. The Hall–Kier alpha value is -0.120. The van der Waals surface area contributed by atoms with Gasteiger partial charge in [-0.1, -0.05) is 6.92 Å². The van der Waals surface area contributed by atoms with Gasteiger partial charge in [0, 0.05) is 25.2 Å². The number of nitrogens with zero attached hydrogens (tertiary/aromatic N) is 2. The summed E-state index contributed by atoms with van der Waals surface area (Å²) in [5, 5.41) is 9.19. The molecular formula is C14H28N2O. The first-order valence-corrected chi connectivity index (χ1v) is 7.33. The van der Waals surface area contributed by atoms with E-state index in [0.29, 0.717) is 12.5 Å². The summed E-state index contributed by atoms with van der Waals surface area (Å²) in [5.74, 6) is 0.544. The van der Waals surface area contributed by atoms with Crippen molar-refractivity contribution in [1.29, 1.82) is 0 Å². The van der Waals surface area contributed by atoms with Gasteiger partial charge in [-0.3, -0.25) is 4.90 Å². The maximum atomic E-state index is 9.19. The van der Waals surface area contributed by atoms with Gasteiger partial charge in [0.2, 0.25) is 0 Å². The SMILES string of the molecule is CCC(C)N1CCC(N2CCC(CO)C2)CC1. The van der Waals surface area contributed by atoms with Crippen LogP contribution in [0.25, 0.3) is 0 Å². The quantitative estimate of drug-likeness (QED) is 0.808. The van der Waals surface area contributed by atoms with E-state index in [1.807, 2.05) is 0 Å². The standard InChI is InChI=1S/C14H28N2O/c1-3-12(2)15-8-5-14(6-9-15)16-7-4-13(10-16)11-17/h12-14,17H,3-11H2,1-2H3. The van der Waals surface area contributed by atoms with Crippen molar-refractivity contribution in [2.45, 2.75) is 51.6 Å². The summed E-state index contributed by atoms with van der Waals surface area (Å²) in [4.78, 5) is 5.25. The Balaban J connectivity index is 1.76. The maximum absolute atomic E-state index is 9.19. The van der Waals surface area contributed by atoms with E-state index in [0.717, 1.165) is 18.6 Å². The number of hydrogen-bond acceptors (Lipinski definition) is 3. The number of hydrogen-bond donors (Lipinski definition) is 1. The molecule has 0 aromatic heterocycles. The smallest absolute Gasteiger partial charge is 0.0471 e. The van der Waals surface area contributed by atoms with Gasteiger partial charge in [-0.05, 0) is 58.2 Å². The third-order valence-electron chi connectivity index (χ3n) is 4.81. The molecule has 2 aliphatic heterocycles. The molecule has 3 heteroatoms. The van der Waals surface area contributed by atoms with Crippen molar-refractivity contribution in [3.63, 3.8) is 0 Å². The summed E-state index contributed by atoms with van der Waals surface area (Å²) in [6, 6.07) is 1.53. The minimum Gasteiger partial charge on any atom is -0.396 e. The highest BCUT2D eigenvalue weighted by Gasteiger charge is 2.30. The van der Waals surface area contributed by atoms with E-state index in [2.05, 4.69) is 23.6 Å². The van der Waals surface area contributed by atoms with Gasteiger partial charge in [0.15, 0.2) is 0 Å². The lowest BCUT2D eigenvalue weighted by Gasteiger charge is -2.39. The fourth-order valence-electron chi connectivity index (χ4n) is 3.29. The first-order valence-electron chi connectivity index (χ1n) is 7.33. The molecule has 0 aromatic carbocycles. The van der Waals surface area contributed by atoms with Gasteiger partial charge in [0.1, 0.15) is 0 Å². The molecule has 2 saturated heterocycles. The predicted octanol–water partition coefficient (Wildman–Crippen LogP) is 1.56. The lowest BCUT2D eigenvalue weighted by atomic mass is 10.0. The van der Waals surface area contributed by atoms with Crippen molar-refractivity contribution in [3.05, 3.63) is 0 Å². The summed E-state index contributed by atoms with van der Waals surface area (Å²) in [7, 11) is 0. The molecule has 1 N–H and O–H groups in total. The molecule has 2 fully saturated rings. The Labute approximate surface area is 106 Å². The highest BCUT2D eigenvalue weighted by Crippen LogP contribution is 2.25. The molecule has 0 aromatic rings. The largest absolute Gasteiger partial charge is 0.396 e. The topological polar surface area (TPSA) is 26.7 Å². The zero-order valence-electron chi connectivity index (χ0n) is 11.4. The van der Waals surface area contributed by atoms with Crippen molar-refractivity contribution in [2.75, 3.05) is 32.8 Å². The molecule has 2 heterocycles. The summed E-state index contributed by atoms with van der Waals surface area (Å²) >= 11 is 0. The summed E-state index contributed by atoms with van der Waals surface area (Å²) in [5.41, 5.74) is 0. The molecule has 2 atom stereocenters. The van der Waals surface area contributed by atoms with Crippen LogP contribution in [0.15, 0.2) is 0 Å². The van der Waals surface area contributed by atoms with Crippen LogP contribution in [0.5, 0.6) is 0 Å². The van der Waals surface area contributed by atoms with Crippen molar-refractivity contribution < 1.29 is 5.11 Å². The highest BCUT2D eigenvalue weighted by molar-refractivity contribution is 4.86. The molecule has 0 spiro atoms. The second kappa shape index (κ2) is 6.17. The molecule has 17 heavy (non-hydrogen) atoms. The van der Waals surface area contributed by atoms with Gasteiger partial charge in [0.25, 0.3) is 0 Å². The van der Waals surface area contributed by atoms with Crippen LogP contribution < -0.4 is 0 Å². The third-order valence-corrected chi connectivity index (χ3v) is 4.81. The number of rotatable bonds is 4. The Morgan fingerprint density at radius 2 is 1.88 bits per heavy atom. The minimum absolute atomic E-state index is 0.377. The van der Waals surface area contributed by atoms with Crippen LogP contribution >= 0.6 is 0 Å². The lowest BCUT2D eigenvalue weighted by Crippen LogP contribution is -2.46. The molecule has 0 bridgehead atoms. The average Bonchev–Trinajstić information content (AvgIpc) is 2.87. The number of piperidine rings is 1. The Bertz CT molecular complexity index is 226.